The van der Waals surface area contributed by atoms with Gasteiger partial charge in [-0.1, -0.05) is 53.6 Å². The molecule has 0 spiro atoms. The Labute approximate surface area is 194 Å². The number of hydrogen-bond donors (Lipinski definition) is 1. The molecule has 170 valence electrons. The highest BCUT2D eigenvalue weighted by atomic mass is 35.5. The van der Waals surface area contributed by atoms with Crippen molar-refractivity contribution in [1.29, 1.82) is 0 Å². The molecule has 0 radical (unpaired) electrons. The van der Waals surface area contributed by atoms with Gasteiger partial charge in [0.05, 0.1) is 11.1 Å². The van der Waals surface area contributed by atoms with Crippen LogP contribution in [-0.4, -0.2) is 24.5 Å². The molecule has 3 aromatic rings. The summed E-state index contributed by atoms with van der Waals surface area (Å²) in [5.74, 6) is -2.10. The molecule has 1 saturated heterocycles. The van der Waals surface area contributed by atoms with Crippen molar-refractivity contribution in [2.24, 2.45) is 0 Å². The molecule has 5 nitrogen and oxygen atoms in total. The third-order valence-corrected chi connectivity index (χ3v) is 5.73. The maximum absolute atomic E-state index is 14.1. The van der Waals surface area contributed by atoms with Crippen molar-refractivity contribution in [1.82, 2.24) is 5.32 Å². The van der Waals surface area contributed by atoms with Crippen LogP contribution in [0.4, 0.5) is 14.5 Å². The summed E-state index contributed by atoms with van der Waals surface area (Å²) in [6.45, 7) is 1.85. The second-order valence-corrected chi connectivity index (χ2v) is 8.20. The van der Waals surface area contributed by atoms with Gasteiger partial charge < -0.3 is 10.1 Å². The smallest absolute Gasteiger partial charge is 0.253 e. The lowest BCUT2D eigenvalue weighted by Gasteiger charge is -2.40. The average Bonchev–Trinajstić information content (AvgIpc) is 2.80. The Morgan fingerprint density at radius 1 is 1.12 bits per heavy atom. The molecule has 3 aromatic carbocycles. The first-order valence-electron chi connectivity index (χ1n) is 10.3. The topological polar surface area (TPSA) is 58.6 Å². The van der Waals surface area contributed by atoms with Gasteiger partial charge in [-0.3, -0.25) is 14.5 Å². The number of nitrogens with zero attached hydrogens (tertiary/aromatic N) is 1. The van der Waals surface area contributed by atoms with Crippen LogP contribution < -0.4 is 10.2 Å². The molecule has 33 heavy (non-hydrogen) atoms. The van der Waals surface area contributed by atoms with Crippen LogP contribution in [0.1, 0.15) is 22.7 Å². The van der Waals surface area contributed by atoms with E-state index < -0.39 is 35.6 Å². The van der Waals surface area contributed by atoms with E-state index in [-0.39, 0.29) is 23.9 Å². The van der Waals surface area contributed by atoms with Crippen LogP contribution in [0, 0.1) is 18.6 Å². The minimum Gasteiger partial charge on any atom is -0.356 e. The van der Waals surface area contributed by atoms with Crippen molar-refractivity contribution in [3.05, 3.63) is 100 Å². The second-order valence-electron chi connectivity index (χ2n) is 7.80. The fraction of sp³-hybridized carbons (Fsp3) is 0.200. The highest BCUT2D eigenvalue weighted by molar-refractivity contribution is 6.31. The van der Waals surface area contributed by atoms with Gasteiger partial charge >= 0.3 is 0 Å². The maximum Gasteiger partial charge on any atom is 0.253 e. The highest BCUT2D eigenvalue weighted by Crippen LogP contribution is 2.36. The summed E-state index contributed by atoms with van der Waals surface area (Å²) in [4.78, 5) is 27.3. The lowest BCUT2D eigenvalue weighted by molar-refractivity contribution is -0.144. The summed E-state index contributed by atoms with van der Waals surface area (Å²) in [6.07, 6.45) is -1.13. The molecule has 8 heteroatoms. The van der Waals surface area contributed by atoms with E-state index in [1.54, 1.807) is 6.07 Å². The predicted molar refractivity (Wildman–Crippen MR) is 121 cm³/mol. The molecule has 2 atom stereocenters. The van der Waals surface area contributed by atoms with Crippen LogP contribution in [0.2, 0.25) is 5.02 Å². The van der Waals surface area contributed by atoms with E-state index in [0.29, 0.717) is 5.56 Å². The first kappa shape index (κ1) is 22.9. The number of hydrogen-bond acceptors (Lipinski definition) is 3. The van der Waals surface area contributed by atoms with Gasteiger partial charge in [0.2, 0.25) is 0 Å². The minimum atomic E-state index is -1.13. The molecular weight excluding hydrogens is 450 g/mol. The van der Waals surface area contributed by atoms with E-state index in [2.05, 4.69) is 5.32 Å². The number of amides is 2. The van der Waals surface area contributed by atoms with Gasteiger partial charge in [0.15, 0.2) is 6.10 Å². The molecule has 1 aliphatic heterocycles. The SMILES string of the molecule is Cc1ccc(CNC(=O)[C@H]2OCC(=O)N(c3ccc(F)c(Cl)c3)[C@@H]2c2cccc(F)c2)cc1. The Morgan fingerprint density at radius 3 is 2.58 bits per heavy atom. The number of halogens is 3. The molecule has 1 N–H and O–H groups in total. The van der Waals surface area contributed by atoms with Gasteiger partial charge in [-0.15, -0.1) is 0 Å². The van der Waals surface area contributed by atoms with Crippen molar-refractivity contribution in [3.63, 3.8) is 0 Å². The summed E-state index contributed by atoms with van der Waals surface area (Å²) in [5.41, 5.74) is 2.63. The molecule has 1 fully saturated rings. The van der Waals surface area contributed by atoms with Crippen molar-refractivity contribution >= 4 is 29.1 Å². The molecule has 4 rings (SSSR count). The molecule has 2 amide bonds. The van der Waals surface area contributed by atoms with Crippen LogP contribution in [0.3, 0.4) is 0 Å². The van der Waals surface area contributed by atoms with E-state index in [4.69, 9.17) is 16.3 Å². The van der Waals surface area contributed by atoms with Gasteiger partial charge in [-0.25, -0.2) is 8.78 Å². The van der Waals surface area contributed by atoms with Crippen LogP contribution in [-0.2, 0) is 20.9 Å². The molecule has 0 bridgehead atoms. The fourth-order valence-corrected chi connectivity index (χ4v) is 3.96. The zero-order valence-corrected chi connectivity index (χ0v) is 18.5. The molecular formula is C25H21ClF2N2O3. The highest BCUT2D eigenvalue weighted by Gasteiger charge is 2.42. The van der Waals surface area contributed by atoms with E-state index in [9.17, 15) is 18.4 Å². The van der Waals surface area contributed by atoms with Crippen LogP contribution in [0.15, 0.2) is 66.7 Å². The molecule has 0 aromatic heterocycles. The van der Waals surface area contributed by atoms with Crippen molar-refractivity contribution < 1.29 is 23.1 Å². The largest absolute Gasteiger partial charge is 0.356 e. The summed E-state index contributed by atoms with van der Waals surface area (Å²) >= 11 is 5.94. The maximum atomic E-state index is 14.1. The number of rotatable bonds is 5. The standard InChI is InChI=1S/C25H21ClF2N2O3/c1-15-5-7-16(8-6-15)13-29-25(32)24-23(17-3-2-4-18(27)11-17)30(22(31)14-33-24)19-9-10-21(28)20(26)12-19/h2-12,23-24H,13-14H2,1H3,(H,29,32)/t23-,24+/m1/s1. The summed E-state index contributed by atoms with van der Waals surface area (Å²) in [5, 5.41) is 2.65. The van der Waals surface area contributed by atoms with Crippen LogP contribution in [0.25, 0.3) is 0 Å². The molecule has 1 heterocycles. The van der Waals surface area contributed by atoms with Crippen LogP contribution >= 0.6 is 11.6 Å². The van der Waals surface area contributed by atoms with Gasteiger partial charge in [-0.05, 0) is 48.4 Å². The molecule has 1 aliphatic rings. The predicted octanol–water partition coefficient (Wildman–Crippen LogP) is 4.72. The summed E-state index contributed by atoms with van der Waals surface area (Å²) < 4.78 is 33.5. The number of carbonyl (C=O) groups is 2. The van der Waals surface area contributed by atoms with E-state index >= 15 is 0 Å². The zero-order chi connectivity index (χ0) is 23.5. The molecule has 0 saturated carbocycles. The Morgan fingerprint density at radius 2 is 1.88 bits per heavy atom. The number of anilines is 1. The Balaban J connectivity index is 1.68. The Bertz CT molecular complexity index is 1190. The number of carbonyl (C=O) groups excluding carboxylic acids is 2. The Hall–Kier alpha value is -3.29. The molecule has 0 unspecified atom stereocenters. The first-order valence-corrected chi connectivity index (χ1v) is 10.7. The van der Waals surface area contributed by atoms with Gasteiger partial charge in [-0.2, -0.15) is 0 Å². The van der Waals surface area contributed by atoms with Gasteiger partial charge in [0.1, 0.15) is 18.2 Å². The number of ether oxygens (including phenoxy) is 1. The minimum absolute atomic E-state index is 0.176. The van der Waals surface area contributed by atoms with Crippen molar-refractivity contribution in [2.45, 2.75) is 25.6 Å². The Kier molecular flexibility index (Phi) is 6.72. The first-order chi connectivity index (χ1) is 15.8. The van der Waals surface area contributed by atoms with E-state index in [1.807, 2.05) is 31.2 Å². The van der Waals surface area contributed by atoms with Gasteiger partial charge in [0.25, 0.3) is 11.8 Å². The van der Waals surface area contributed by atoms with E-state index in [0.717, 1.165) is 17.2 Å². The fourth-order valence-electron chi connectivity index (χ4n) is 3.78. The lowest BCUT2D eigenvalue weighted by Crippen LogP contribution is -2.54. The third-order valence-electron chi connectivity index (χ3n) is 5.44. The van der Waals surface area contributed by atoms with Crippen LogP contribution in [0.5, 0.6) is 0 Å². The normalized spacial score (nSPS) is 18.3. The van der Waals surface area contributed by atoms with Gasteiger partial charge in [0, 0.05) is 12.2 Å². The number of morpholine rings is 1. The van der Waals surface area contributed by atoms with E-state index in [1.165, 1.54) is 35.2 Å². The number of benzene rings is 3. The molecule has 0 aliphatic carbocycles. The van der Waals surface area contributed by atoms with Crippen molar-refractivity contribution in [3.8, 4) is 0 Å². The number of aryl methyl sites for hydroxylation is 1. The monoisotopic (exact) mass is 470 g/mol. The second kappa shape index (κ2) is 9.68. The quantitative estimate of drug-likeness (QED) is 0.587. The zero-order valence-electron chi connectivity index (χ0n) is 17.7. The third kappa shape index (κ3) is 5.05. The number of nitrogens with one attached hydrogen (secondary N) is 1. The summed E-state index contributed by atoms with van der Waals surface area (Å²) in [7, 11) is 0. The average molecular weight is 471 g/mol. The van der Waals surface area contributed by atoms with Crippen molar-refractivity contribution in [2.75, 3.05) is 11.5 Å². The lowest BCUT2D eigenvalue weighted by atomic mass is 9.96. The summed E-state index contributed by atoms with van der Waals surface area (Å²) in [6, 6.07) is 16.1.